The van der Waals surface area contributed by atoms with Crippen molar-refractivity contribution in [1.82, 2.24) is 15.0 Å². The third-order valence-corrected chi connectivity index (χ3v) is 2.33. The lowest BCUT2D eigenvalue weighted by Crippen LogP contribution is -1.94. The van der Waals surface area contributed by atoms with E-state index in [1.54, 1.807) is 29.2 Å². The molecule has 0 amide bonds. The average Bonchev–Trinajstić information content (AvgIpc) is 2.62. The summed E-state index contributed by atoms with van der Waals surface area (Å²) in [6.07, 6.45) is 3.34. The van der Waals surface area contributed by atoms with Crippen molar-refractivity contribution in [2.24, 2.45) is 0 Å². The standard InChI is InChI=1S/C8H5Cl2N3/c9-7-2-1-6(5-8(7)10)13-4-3-11-12-13/h1-5H. The minimum Gasteiger partial charge on any atom is -0.221 e. The number of benzene rings is 1. The summed E-state index contributed by atoms with van der Waals surface area (Å²) in [5.74, 6) is 0. The molecule has 5 heteroatoms. The molecule has 0 aliphatic heterocycles. The normalized spacial score (nSPS) is 10.3. The summed E-state index contributed by atoms with van der Waals surface area (Å²) < 4.78 is 1.61. The predicted octanol–water partition coefficient (Wildman–Crippen LogP) is 2.57. The Morgan fingerprint density at radius 2 is 2.00 bits per heavy atom. The summed E-state index contributed by atoms with van der Waals surface area (Å²) in [7, 11) is 0. The minimum atomic E-state index is 0.509. The topological polar surface area (TPSA) is 30.7 Å². The number of rotatable bonds is 1. The lowest BCUT2D eigenvalue weighted by molar-refractivity contribution is 0.803. The molecule has 2 aromatic rings. The molecule has 0 fully saturated rings. The first-order valence-corrected chi connectivity index (χ1v) is 4.35. The zero-order chi connectivity index (χ0) is 9.26. The molecule has 13 heavy (non-hydrogen) atoms. The van der Waals surface area contributed by atoms with Crippen molar-refractivity contribution in [3.05, 3.63) is 40.6 Å². The van der Waals surface area contributed by atoms with E-state index in [9.17, 15) is 0 Å². The Kier molecular flexibility index (Phi) is 2.20. The van der Waals surface area contributed by atoms with Crippen LogP contribution in [0.4, 0.5) is 0 Å². The van der Waals surface area contributed by atoms with Gasteiger partial charge in [0.15, 0.2) is 0 Å². The molecule has 0 bridgehead atoms. The quantitative estimate of drug-likeness (QED) is 0.730. The molecule has 0 N–H and O–H groups in total. The first-order valence-electron chi connectivity index (χ1n) is 3.59. The van der Waals surface area contributed by atoms with Gasteiger partial charge in [0.25, 0.3) is 0 Å². The molecule has 1 aromatic heterocycles. The molecule has 1 aromatic carbocycles. The fourth-order valence-electron chi connectivity index (χ4n) is 0.973. The molecule has 0 spiro atoms. The summed E-state index contributed by atoms with van der Waals surface area (Å²) in [5.41, 5.74) is 0.840. The molecule has 0 aliphatic rings. The number of hydrogen-bond acceptors (Lipinski definition) is 2. The van der Waals surface area contributed by atoms with Gasteiger partial charge in [-0.1, -0.05) is 28.4 Å². The molecule has 1 heterocycles. The van der Waals surface area contributed by atoms with Crippen molar-refractivity contribution in [2.75, 3.05) is 0 Å². The Labute approximate surface area is 84.9 Å². The molecule has 0 saturated heterocycles. The van der Waals surface area contributed by atoms with Crippen LogP contribution in [0.3, 0.4) is 0 Å². The van der Waals surface area contributed by atoms with Gasteiger partial charge in [-0.25, -0.2) is 4.68 Å². The van der Waals surface area contributed by atoms with Crippen LogP contribution in [0.5, 0.6) is 0 Å². The molecule has 0 saturated carbocycles. The Bertz CT molecular complexity index is 411. The second-order valence-corrected chi connectivity index (χ2v) is 3.26. The van der Waals surface area contributed by atoms with E-state index in [0.717, 1.165) is 5.69 Å². The van der Waals surface area contributed by atoms with Crippen molar-refractivity contribution < 1.29 is 0 Å². The average molecular weight is 214 g/mol. The number of aromatic nitrogens is 3. The van der Waals surface area contributed by atoms with Crippen molar-refractivity contribution in [3.8, 4) is 5.69 Å². The van der Waals surface area contributed by atoms with Crippen LogP contribution in [0.2, 0.25) is 10.0 Å². The zero-order valence-electron chi connectivity index (χ0n) is 6.48. The molecule has 3 nitrogen and oxygen atoms in total. The van der Waals surface area contributed by atoms with E-state index in [0.29, 0.717) is 10.0 Å². The van der Waals surface area contributed by atoms with Crippen molar-refractivity contribution in [3.63, 3.8) is 0 Å². The van der Waals surface area contributed by atoms with Gasteiger partial charge in [0.2, 0.25) is 0 Å². The molecular formula is C8H5Cl2N3. The predicted molar refractivity (Wildman–Crippen MR) is 51.4 cm³/mol. The van der Waals surface area contributed by atoms with Gasteiger partial charge in [0, 0.05) is 0 Å². The maximum absolute atomic E-state index is 5.84. The van der Waals surface area contributed by atoms with E-state index >= 15 is 0 Å². The highest BCUT2D eigenvalue weighted by molar-refractivity contribution is 6.42. The van der Waals surface area contributed by atoms with Gasteiger partial charge in [0.1, 0.15) is 0 Å². The number of hydrogen-bond donors (Lipinski definition) is 0. The van der Waals surface area contributed by atoms with Crippen LogP contribution >= 0.6 is 23.2 Å². The Morgan fingerprint density at radius 1 is 1.15 bits per heavy atom. The lowest BCUT2D eigenvalue weighted by atomic mass is 10.3. The Morgan fingerprint density at radius 3 is 2.62 bits per heavy atom. The maximum atomic E-state index is 5.84. The monoisotopic (exact) mass is 213 g/mol. The molecule has 0 unspecified atom stereocenters. The van der Waals surface area contributed by atoms with Gasteiger partial charge in [-0.05, 0) is 18.2 Å². The van der Waals surface area contributed by atoms with E-state index in [2.05, 4.69) is 10.3 Å². The van der Waals surface area contributed by atoms with Crippen LogP contribution in [0.25, 0.3) is 5.69 Å². The maximum Gasteiger partial charge on any atom is 0.0697 e. The number of halogens is 2. The van der Waals surface area contributed by atoms with Gasteiger partial charge in [0.05, 0.1) is 28.1 Å². The zero-order valence-corrected chi connectivity index (χ0v) is 8.00. The first kappa shape index (κ1) is 8.53. The van der Waals surface area contributed by atoms with Gasteiger partial charge >= 0.3 is 0 Å². The van der Waals surface area contributed by atoms with Gasteiger partial charge in [-0.2, -0.15) is 0 Å². The van der Waals surface area contributed by atoms with Crippen LogP contribution in [0.15, 0.2) is 30.6 Å². The van der Waals surface area contributed by atoms with E-state index in [1.807, 2.05) is 6.07 Å². The largest absolute Gasteiger partial charge is 0.221 e. The summed E-state index contributed by atoms with van der Waals surface area (Å²) in [4.78, 5) is 0. The van der Waals surface area contributed by atoms with Crippen LogP contribution < -0.4 is 0 Å². The molecule has 0 radical (unpaired) electrons. The molecule has 0 aliphatic carbocycles. The fourth-order valence-corrected chi connectivity index (χ4v) is 1.27. The SMILES string of the molecule is Clc1ccc(-n2ccnn2)cc1Cl. The second-order valence-electron chi connectivity index (χ2n) is 2.45. The molecule has 2 rings (SSSR count). The molecule has 66 valence electrons. The third kappa shape index (κ3) is 1.66. The van der Waals surface area contributed by atoms with Crippen molar-refractivity contribution in [2.45, 2.75) is 0 Å². The van der Waals surface area contributed by atoms with E-state index in [1.165, 1.54) is 0 Å². The van der Waals surface area contributed by atoms with Crippen LogP contribution in [0, 0.1) is 0 Å². The summed E-state index contributed by atoms with van der Waals surface area (Å²) in [5, 5.41) is 8.55. The first-order chi connectivity index (χ1) is 6.27. The summed E-state index contributed by atoms with van der Waals surface area (Å²) in [6, 6.07) is 5.28. The van der Waals surface area contributed by atoms with Crippen molar-refractivity contribution >= 4 is 23.2 Å². The van der Waals surface area contributed by atoms with Gasteiger partial charge in [-0.15, -0.1) is 5.10 Å². The van der Waals surface area contributed by atoms with Gasteiger partial charge < -0.3 is 0 Å². The Hall–Kier alpha value is -1.06. The second kappa shape index (κ2) is 3.36. The van der Waals surface area contributed by atoms with Crippen LogP contribution in [-0.2, 0) is 0 Å². The number of nitrogens with zero attached hydrogens (tertiary/aromatic N) is 3. The summed E-state index contributed by atoms with van der Waals surface area (Å²) >= 11 is 11.6. The van der Waals surface area contributed by atoms with E-state index in [-0.39, 0.29) is 0 Å². The third-order valence-electron chi connectivity index (χ3n) is 1.59. The van der Waals surface area contributed by atoms with E-state index in [4.69, 9.17) is 23.2 Å². The fraction of sp³-hybridized carbons (Fsp3) is 0. The summed E-state index contributed by atoms with van der Waals surface area (Å²) in [6.45, 7) is 0. The van der Waals surface area contributed by atoms with Crippen LogP contribution in [-0.4, -0.2) is 15.0 Å². The smallest absolute Gasteiger partial charge is 0.0697 e. The Balaban J connectivity index is 2.49. The highest BCUT2D eigenvalue weighted by Crippen LogP contribution is 2.23. The lowest BCUT2D eigenvalue weighted by Gasteiger charge is -2.01. The molecular weight excluding hydrogens is 209 g/mol. The highest BCUT2D eigenvalue weighted by atomic mass is 35.5. The van der Waals surface area contributed by atoms with Crippen molar-refractivity contribution in [1.29, 1.82) is 0 Å². The molecule has 0 atom stereocenters. The van der Waals surface area contributed by atoms with Crippen LogP contribution in [0.1, 0.15) is 0 Å². The van der Waals surface area contributed by atoms with E-state index < -0.39 is 0 Å². The minimum absolute atomic E-state index is 0.509. The highest BCUT2D eigenvalue weighted by Gasteiger charge is 2.00. The van der Waals surface area contributed by atoms with Gasteiger partial charge in [-0.3, -0.25) is 0 Å².